The van der Waals surface area contributed by atoms with E-state index in [0.29, 0.717) is 42.9 Å². The molecule has 0 aliphatic carbocycles. The van der Waals surface area contributed by atoms with E-state index >= 15 is 0 Å². The van der Waals surface area contributed by atoms with Crippen LogP contribution in [0.25, 0.3) is 11.3 Å². The van der Waals surface area contributed by atoms with E-state index in [1.165, 1.54) is 16.6 Å². The van der Waals surface area contributed by atoms with Crippen molar-refractivity contribution in [2.75, 3.05) is 19.3 Å². The number of halogens is 1. The first kappa shape index (κ1) is 18.5. The fraction of sp³-hybridized carbons (Fsp3) is 0.412. The zero-order valence-electron chi connectivity index (χ0n) is 14.3. The van der Waals surface area contributed by atoms with Gasteiger partial charge in [-0.3, -0.25) is 4.79 Å². The quantitative estimate of drug-likeness (QED) is 0.852. The van der Waals surface area contributed by atoms with Crippen LogP contribution < -0.4 is 5.32 Å². The summed E-state index contributed by atoms with van der Waals surface area (Å²) in [5.41, 5.74) is 0.802. The van der Waals surface area contributed by atoms with Gasteiger partial charge in [-0.05, 0) is 25.0 Å². The molecule has 7 nitrogen and oxygen atoms in total. The van der Waals surface area contributed by atoms with Gasteiger partial charge in [-0.1, -0.05) is 17.3 Å². The molecule has 9 heteroatoms. The number of sulfonamides is 1. The number of carbonyl (C=O) groups is 1. The molecule has 0 spiro atoms. The number of benzene rings is 1. The van der Waals surface area contributed by atoms with Crippen molar-refractivity contribution in [3.8, 4) is 11.3 Å². The lowest BCUT2D eigenvalue weighted by molar-refractivity contribution is -0.126. The molecule has 2 aromatic rings. The predicted molar refractivity (Wildman–Crippen MR) is 92.9 cm³/mol. The Labute approximate surface area is 151 Å². The first-order valence-corrected chi connectivity index (χ1v) is 10.1. The van der Waals surface area contributed by atoms with Gasteiger partial charge in [-0.25, -0.2) is 17.1 Å². The largest absolute Gasteiger partial charge is 0.356 e. The summed E-state index contributed by atoms with van der Waals surface area (Å²) in [4.78, 5) is 12.3. The number of carbonyl (C=O) groups excluding carboxylic acids is 1. The molecule has 1 aromatic heterocycles. The van der Waals surface area contributed by atoms with E-state index in [9.17, 15) is 17.6 Å². The second kappa shape index (κ2) is 7.55. The highest BCUT2D eigenvalue weighted by Gasteiger charge is 2.28. The summed E-state index contributed by atoms with van der Waals surface area (Å²) >= 11 is 0. The predicted octanol–water partition coefficient (Wildman–Crippen LogP) is 1.77. The third-order valence-corrected chi connectivity index (χ3v) is 5.74. The molecule has 26 heavy (non-hydrogen) atoms. The van der Waals surface area contributed by atoms with Crippen molar-refractivity contribution in [1.82, 2.24) is 14.8 Å². The lowest BCUT2D eigenvalue weighted by Crippen LogP contribution is -2.42. The summed E-state index contributed by atoms with van der Waals surface area (Å²) in [6.07, 6.45) is 2.14. The van der Waals surface area contributed by atoms with Crippen LogP contribution in [0.15, 0.2) is 34.9 Å². The number of nitrogens with one attached hydrogen (secondary N) is 1. The second-order valence-electron chi connectivity index (χ2n) is 6.32. The third-order valence-electron chi connectivity index (χ3n) is 4.44. The minimum absolute atomic E-state index is 0.145. The summed E-state index contributed by atoms with van der Waals surface area (Å²) in [6.45, 7) is 0.861. The summed E-state index contributed by atoms with van der Waals surface area (Å²) < 4.78 is 43.3. The highest BCUT2D eigenvalue weighted by Crippen LogP contribution is 2.23. The third kappa shape index (κ3) is 4.28. The first-order chi connectivity index (χ1) is 12.3. The fourth-order valence-electron chi connectivity index (χ4n) is 2.95. The molecule has 0 unspecified atom stereocenters. The Morgan fingerprint density at radius 2 is 2.04 bits per heavy atom. The van der Waals surface area contributed by atoms with E-state index in [4.69, 9.17) is 4.52 Å². The van der Waals surface area contributed by atoms with Crippen LogP contribution in [0.1, 0.15) is 18.5 Å². The summed E-state index contributed by atoms with van der Waals surface area (Å²) in [7, 11) is -3.21. The second-order valence-corrected chi connectivity index (χ2v) is 8.30. The van der Waals surface area contributed by atoms with E-state index in [1.54, 1.807) is 24.3 Å². The molecular weight excluding hydrogens is 361 g/mol. The first-order valence-electron chi connectivity index (χ1n) is 8.28. The molecule has 0 radical (unpaired) electrons. The van der Waals surface area contributed by atoms with Crippen LogP contribution >= 0.6 is 0 Å². The van der Waals surface area contributed by atoms with E-state index in [0.717, 1.165) is 0 Å². The van der Waals surface area contributed by atoms with Gasteiger partial charge in [0.25, 0.3) is 0 Å². The molecule has 140 valence electrons. The van der Waals surface area contributed by atoms with Crippen molar-refractivity contribution in [3.63, 3.8) is 0 Å². The molecule has 0 saturated carbocycles. The van der Waals surface area contributed by atoms with Crippen LogP contribution in [0.2, 0.25) is 0 Å². The Bertz CT molecular complexity index is 889. The fourth-order valence-corrected chi connectivity index (χ4v) is 3.83. The maximum absolute atomic E-state index is 13.8. The maximum atomic E-state index is 13.8. The van der Waals surface area contributed by atoms with Crippen molar-refractivity contribution in [1.29, 1.82) is 0 Å². The molecule has 1 amide bonds. The minimum Gasteiger partial charge on any atom is -0.356 e. The number of rotatable bonds is 5. The molecule has 1 aliphatic rings. The van der Waals surface area contributed by atoms with Crippen LogP contribution in [0.3, 0.4) is 0 Å². The SMILES string of the molecule is CS(=O)(=O)N1CCC(C(=O)NCc2cc(-c3ccccc3F)on2)CC1. The standard InChI is InChI=1S/C17H20FN3O4S/c1-26(23,24)21-8-6-12(7-9-21)17(22)19-11-13-10-16(25-20-13)14-4-2-3-5-15(14)18/h2-5,10,12H,6-9,11H2,1H3,(H,19,22). The van der Waals surface area contributed by atoms with Crippen molar-refractivity contribution in [2.24, 2.45) is 5.92 Å². The van der Waals surface area contributed by atoms with Crippen molar-refractivity contribution in [2.45, 2.75) is 19.4 Å². The number of hydrogen-bond donors (Lipinski definition) is 1. The van der Waals surface area contributed by atoms with E-state index in [2.05, 4.69) is 10.5 Å². The van der Waals surface area contributed by atoms with Gasteiger partial charge in [0, 0.05) is 25.1 Å². The van der Waals surface area contributed by atoms with Gasteiger partial charge in [0.2, 0.25) is 15.9 Å². The van der Waals surface area contributed by atoms with Crippen molar-refractivity contribution >= 4 is 15.9 Å². The zero-order chi connectivity index (χ0) is 18.7. The van der Waals surface area contributed by atoms with Crippen LogP contribution in [-0.4, -0.2) is 43.1 Å². The van der Waals surface area contributed by atoms with E-state index < -0.39 is 15.8 Å². The Kier molecular flexibility index (Phi) is 5.38. The van der Waals surface area contributed by atoms with Gasteiger partial charge in [0.15, 0.2) is 5.76 Å². The minimum atomic E-state index is -3.21. The number of aromatic nitrogens is 1. The van der Waals surface area contributed by atoms with Gasteiger partial charge >= 0.3 is 0 Å². The smallest absolute Gasteiger partial charge is 0.223 e. The highest BCUT2D eigenvalue weighted by molar-refractivity contribution is 7.88. The molecule has 1 saturated heterocycles. The van der Waals surface area contributed by atoms with Gasteiger partial charge in [-0.15, -0.1) is 0 Å². The molecule has 1 aromatic carbocycles. The molecule has 2 heterocycles. The lowest BCUT2D eigenvalue weighted by atomic mass is 9.97. The lowest BCUT2D eigenvalue weighted by Gasteiger charge is -2.29. The molecule has 3 rings (SSSR count). The van der Waals surface area contributed by atoms with Crippen molar-refractivity contribution < 1.29 is 22.1 Å². The Hall–Kier alpha value is -2.26. The monoisotopic (exact) mass is 381 g/mol. The Morgan fingerprint density at radius 1 is 1.35 bits per heavy atom. The number of piperidine rings is 1. The molecular formula is C17H20FN3O4S. The summed E-state index contributed by atoms with van der Waals surface area (Å²) in [5.74, 6) is -0.481. The van der Waals surface area contributed by atoms with Crippen molar-refractivity contribution in [3.05, 3.63) is 41.8 Å². The van der Waals surface area contributed by atoms with Gasteiger partial charge in [-0.2, -0.15) is 0 Å². The van der Waals surface area contributed by atoms with Gasteiger partial charge < -0.3 is 9.84 Å². The van der Waals surface area contributed by atoms with Gasteiger partial charge in [0.05, 0.1) is 18.4 Å². The molecule has 0 bridgehead atoms. The Morgan fingerprint density at radius 3 is 2.69 bits per heavy atom. The van der Waals surface area contributed by atoms with Crippen LogP contribution in [0.4, 0.5) is 4.39 Å². The van der Waals surface area contributed by atoms with Crippen LogP contribution in [0, 0.1) is 11.7 Å². The molecule has 1 aliphatic heterocycles. The molecule has 1 N–H and O–H groups in total. The zero-order valence-corrected chi connectivity index (χ0v) is 15.1. The van der Waals surface area contributed by atoms with E-state index in [-0.39, 0.29) is 18.4 Å². The van der Waals surface area contributed by atoms with Crippen LogP contribution in [0.5, 0.6) is 0 Å². The number of nitrogens with zero attached hydrogens (tertiary/aromatic N) is 2. The number of amides is 1. The van der Waals surface area contributed by atoms with Gasteiger partial charge in [0.1, 0.15) is 11.5 Å². The van der Waals surface area contributed by atoms with E-state index in [1.807, 2.05) is 0 Å². The molecule has 1 fully saturated rings. The normalized spacial score (nSPS) is 16.5. The van der Waals surface area contributed by atoms with Crippen LogP contribution in [-0.2, 0) is 21.4 Å². The summed E-state index contributed by atoms with van der Waals surface area (Å²) in [5, 5.41) is 6.63. The summed E-state index contributed by atoms with van der Waals surface area (Å²) in [6, 6.07) is 7.80. The number of hydrogen-bond acceptors (Lipinski definition) is 5. The average Bonchev–Trinajstić information content (AvgIpc) is 3.08. The molecule has 0 atom stereocenters. The topological polar surface area (TPSA) is 92.5 Å². The average molecular weight is 381 g/mol. The highest BCUT2D eigenvalue weighted by atomic mass is 32.2. The maximum Gasteiger partial charge on any atom is 0.223 e. The Balaban J connectivity index is 1.54.